The van der Waals surface area contributed by atoms with Gasteiger partial charge in [-0.05, 0) is 34.8 Å². The van der Waals surface area contributed by atoms with Crippen LogP contribution >= 0.6 is 38.9 Å². The second-order valence-corrected chi connectivity index (χ2v) is 9.82. The van der Waals surface area contributed by atoms with Crippen molar-refractivity contribution in [2.45, 2.75) is 29.6 Å². The molecule has 0 aliphatic heterocycles. The molecular weight excluding hydrogens is 398 g/mol. The molecule has 2 heterocycles. The third-order valence-electron chi connectivity index (χ3n) is 3.36. The smallest absolute Gasteiger partial charge is 0.253 e. The first-order valence-corrected chi connectivity index (χ1v) is 9.75. The molecule has 3 rings (SSSR count). The van der Waals surface area contributed by atoms with E-state index in [1.807, 2.05) is 17.8 Å². The lowest BCUT2D eigenvalue weighted by molar-refractivity contribution is 0.386. The van der Waals surface area contributed by atoms with Crippen molar-refractivity contribution >= 4 is 48.9 Å². The molecule has 0 atom stereocenters. The number of sulfonamides is 1. The van der Waals surface area contributed by atoms with Crippen LogP contribution in [0.25, 0.3) is 0 Å². The topological polar surface area (TPSA) is 55.2 Å². The number of hydrogen-bond donors (Lipinski definition) is 0. The van der Waals surface area contributed by atoms with Crippen LogP contribution in [0.5, 0.6) is 0 Å². The first kappa shape index (κ1) is 15.5. The van der Waals surface area contributed by atoms with Gasteiger partial charge in [-0.2, -0.15) is 4.31 Å². The van der Waals surface area contributed by atoms with Crippen LogP contribution in [-0.4, -0.2) is 28.3 Å². The lowest BCUT2D eigenvalue weighted by Crippen LogP contribution is -2.33. The summed E-state index contributed by atoms with van der Waals surface area (Å²) in [6.07, 6.45) is 5.27. The molecule has 0 saturated heterocycles. The van der Waals surface area contributed by atoms with Crippen molar-refractivity contribution < 1.29 is 8.42 Å². The number of rotatable bonds is 5. The molecule has 2 aromatic rings. The standard InChI is InChI=1S/C12H13BrClN3O2S2/c1-16-5-4-15-10(16)7-17(8-2-3-8)21(18,19)11-6-9(14)12(13)20-11/h4-6,8H,2-3,7H2,1H3. The molecule has 21 heavy (non-hydrogen) atoms. The van der Waals surface area contributed by atoms with E-state index in [4.69, 9.17) is 11.6 Å². The molecule has 0 amide bonds. The number of hydrogen-bond acceptors (Lipinski definition) is 4. The third kappa shape index (κ3) is 3.05. The number of nitrogens with zero attached hydrogens (tertiary/aromatic N) is 3. The Bertz CT molecular complexity index is 748. The highest BCUT2D eigenvalue weighted by atomic mass is 79.9. The Kier molecular flexibility index (Phi) is 4.17. The third-order valence-corrected chi connectivity index (χ3v) is 8.18. The van der Waals surface area contributed by atoms with Gasteiger partial charge in [-0.15, -0.1) is 11.3 Å². The van der Waals surface area contributed by atoms with E-state index < -0.39 is 10.0 Å². The molecule has 0 spiro atoms. The van der Waals surface area contributed by atoms with E-state index in [0.717, 1.165) is 30.0 Å². The molecule has 0 bridgehead atoms. The maximum Gasteiger partial charge on any atom is 0.253 e. The minimum atomic E-state index is -3.55. The summed E-state index contributed by atoms with van der Waals surface area (Å²) in [6.45, 7) is 0.281. The van der Waals surface area contributed by atoms with E-state index in [1.165, 1.54) is 10.4 Å². The van der Waals surface area contributed by atoms with Crippen LogP contribution in [0.15, 0.2) is 26.5 Å². The number of thiophene rings is 1. The first-order chi connectivity index (χ1) is 9.89. The maximum atomic E-state index is 12.8. The van der Waals surface area contributed by atoms with Crippen LogP contribution in [0.1, 0.15) is 18.7 Å². The summed E-state index contributed by atoms with van der Waals surface area (Å²) in [5, 5.41) is 0.423. The lowest BCUT2D eigenvalue weighted by Gasteiger charge is -2.20. The molecule has 5 nitrogen and oxygen atoms in total. The Hall–Kier alpha value is -0.410. The van der Waals surface area contributed by atoms with Crippen molar-refractivity contribution in [2.75, 3.05) is 0 Å². The lowest BCUT2D eigenvalue weighted by atomic mass is 10.5. The monoisotopic (exact) mass is 409 g/mol. The molecule has 1 saturated carbocycles. The van der Waals surface area contributed by atoms with E-state index in [0.29, 0.717) is 8.81 Å². The number of aryl methyl sites for hydroxylation is 1. The van der Waals surface area contributed by atoms with Gasteiger partial charge in [-0.3, -0.25) is 0 Å². The fraction of sp³-hybridized carbons (Fsp3) is 0.417. The minimum absolute atomic E-state index is 0.0614. The van der Waals surface area contributed by atoms with Crippen LogP contribution in [0.3, 0.4) is 0 Å². The van der Waals surface area contributed by atoms with E-state index in [2.05, 4.69) is 20.9 Å². The molecule has 0 aromatic carbocycles. The van der Waals surface area contributed by atoms with E-state index in [1.54, 1.807) is 6.20 Å². The summed E-state index contributed by atoms with van der Waals surface area (Å²) < 4.78 is 29.9. The Labute approximate surface area is 140 Å². The quantitative estimate of drug-likeness (QED) is 0.760. The molecule has 1 aliphatic carbocycles. The number of imidazole rings is 1. The maximum absolute atomic E-state index is 12.8. The van der Waals surface area contributed by atoms with Crippen LogP contribution in [-0.2, 0) is 23.6 Å². The summed E-state index contributed by atoms with van der Waals surface area (Å²) in [4.78, 5) is 4.22. The molecule has 1 aliphatic rings. The predicted octanol–water partition coefficient (Wildman–Crippen LogP) is 3.25. The van der Waals surface area contributed by atoms with Gasteiger partial charge in [0.2, 0.25) is 0 Å². The Morgan fingerprint density at radius 2 is 2.29 bits per heavy atom. The van der Waals surface area contributed by atoms with E-state index >= 15 is 0 Å². The number of halogens is 2. The van der Waals surface area contributed by atoms with E-state index in [-0.39, 0.29) is 16.8 Å². The largest absolute Gasteiger partial charge is 0.337 e. The van der Waals surface area contributed by atoms with Gasteiger partial charge < -0.3 is 4.57 Å². The zero-order chi connectivity index (χ0) is 15.2. The SMILES string of the molecule is Cn1ccnc1CN(C1CC1)S(=O)(=O)c1cc(Cl)c(Br)s1. The van der Waals surface area contributed by atoms with Gasteiger partial charge in [0.05, 0.1) is 15.4 Å². The van der Waals surface area contributed by atoms with Gasteiger partial charge in [0.25, 0.3) is 10.0 Å². The van der Waals surface area contributed by atoms with E-state index in [9.17, 15) is 8.42 Å². The van der Waals surface area contributed by atoms with Crippen molar-refractivity contribution in [3.8, 4) is 0 Å². The summed E-state index contributed by atoms with van der Waals surface area (Å²) in [5.74, 6) is 0.729. The molecular formula is C12H13BrClN3O2S2. The highest BCUT2D eigenvalue weighted by Gasteiger charge is 2.39. The van der Waals surface area contributed by atoms with Crippen LogP contribution in [0.2, 0.25) is 5.02 Å². The highest BCUT2D eigenvalue weighted by Crippen LogP contribution is 2.39. The summed E-state index contributed by atoms with van der Waals surface area (Å²) >= 11 is 10.4. The number of aromatic nitrogens is 2. The van der Waals surface area contributed by atoms with Crippen molar-refractivity contribution in [3.63, 3.8) is 0 Å². The molecule has 0 N–H and O–H groups in total. The predicted molar refractivity (Wildman–Crippen MR) is 86.0 cm³/mol. The van der Waals surface area contributed by atoms with Gasteiger partial charge in [0.1, 0.15) is 10.0 Å². The highest BCUT2D eigenvalue weighted by molar-refractivity contribution is 9.11. The zero-order valence-electron chi connectivity index (χ0n) is 11.2. The van der Waals surface area contributed by atoms with Gasteiger partial charge in [0.15, 0.2) is 0 Å². The zero-order valence-corrected chi connectivity index (χ0v) is 15.1. The molecule has 9 heteroatoms. The Morgan fingerprint density at radius 1 is 1.57 bits per heavy atom. The fourth-order valence-electron chi connectivity index (χ4n) is 2.03. The van der Waals surface area contributed by atoms with Crippen molar-refractivity contribution in [3.05, 3.63) is 33.1 Å². The molecule has 114 valence electrons. The Balaban J connectivity index is 1.95. The van der Waals surface area contributed by atoms with Crippen LogP contribution < -0.4 is 0 Å². The molecule has 1 fully saturated rings. The van der Waals surface area contributed by atoms with Gasteiger partial charge in [0, 0.05) is 25.5 Å². The van der Waals surface area contributed by atoms with Gasteiger partial charge in [-0.25, -0.2) is 13.4 Å². The summed E-state index contributed by atoms with van der Waals surface area (Å²) in [7, 11) is -1.69. The molecule has 0 unspecified atom stereocenters. The van der Waals surface area contributed by atoms with Crippen molar-refractivity contribution in [1.82, 2.24) is 13.9 Å². The second kappa shape index (κ2) is 5.66. The summed E-state index contributed by atoms with van der Waals surface area (Å²) in [5.41, 5.74) is 0. The van der Waals surface area contributed by atoms with Gasteiger partial charge >= 0.3 is 0 Å². The summed E-state index contributed by atoms with van der Waals surface area (Å²) in [6, 6.07) is 1.56. The fourth-order valence-corrected chi connectivity index (χ4v) is 6.20. The van der Waals surface area contributed by atoms with Crippen molar-refractivity contribution in [2.24, 2.45) is 7.05 Å². The Morgan fingerprint density at radius 3 is 2.76 bits per heavy atom. The molecule has 2 aromatic heterocycles. The van der Waals surface area contributed by atoms with Crippen molar-refractivity contribution in [1.29, 1.82) is 0 Å². The average Bonchev–Trinajstić information content (AvgIpc) is 3.09. The average molecular weight is 411 g/mol. The second-order valence-electron chi connectivity index (χ2n) is 4.92. The first-order valence-electron chi connectivity index (χ1n) is 6.32. The minimum Gasteiger partial charge on any atom is -0.337 e. The normalized spacial score (nSPS) is 15.8. The van der Waals surface area contributed by atoms with Crippen LogP contribution in [0, 0.1) is 0 Å². The molecule has 0 radical (unpaired) electrons. The van der Waals surface area contributed by atoms with Gasteiger partial charge in [-0.1, -0.05) is 11.6 Å². The van der Waals surface area contributed by atoms with Crippen LogP contribution in [0.4, 0.5) is 0 Å².